The lowest BCUT2D eigenvalue weighted by atomic mass is 10.3. The first kappa shape index (κ1) is 14.5. The van der Waals surface area contributed by atoms with Crippen molar-refractivity contribution >= 4 is 11.9 Å². The number of rotatable bonds is 7. The van der Waals surface area contributed by atoms with E-state index in [0.29, 0.717) is 26.0 Å². The second-order valence-electron chi connectivity index (χ2n) is 3.19. The second-order valence-corrected chi connectivity index (χ2v) is 3.19. The Bertz CT molecular complexity index is 261. The van der Waals surface area contributed by atoms with Gasteiger partial charge >= 0.3 is 11.9 Å². The quantitative estimate of drug-likeness (QED) is 0.401. The number of nitrogens with one attached hydrogen (secondary N) is 1. The Morgan fingerprint density at radius 1 is 1.38 bits per heavy atom. The third kappa shape index (κ3) is 7.84. The van der Waals surface area contributed by atoms with E-state index in [1.54, 1.807) is 13.8 Å². The molecular formula is C11H19NO4. The molecule has 0 rings (SSSR count). The second kappa shape index (κ2) is 8.76. The highest BCUT2D eigenvalue weighted by atomic mass is 16.5. The summed E-state index contributed by atoms with van der Waals surface area (Å²) in [5.41, 5.74) is 0.725. The van der Waals surface area contributed by atoms with Crippen molar-refractivity contribution in [3.63, 3.8) is 0 Å². The van der Waals surface area contributed by atoms with Gasteiger partial charge in [-0.2, -0.15) is 0 Å². The van der Waals surface area contributed by atoms with Crippen LogP contribution in [0.2, 0.25) is 0 Å². The summed E-state index contributed by atoms with van der Waals surface area (Å²) in [5, 5.41) is 3.00. The smallest absolute Gasteiger partial charge is 0.332 e. The number of methoxy groups -OCH3 is 1. The highest BCUT2D eigenvalue weighted by Crippen LogP contribution is 1.93. The Kier molecular flexibility index (Phi) is 7.93. The number of allylic oxidation sites excluding steroid dienone is 1. The van der Waals surface area contributed by atoms with E-state index >= 15 is 0 Å². The molecule has 0 fully saturated rings. The molecule has 0 unspecified atom stereocenters. The van der Waals surface area contributed by atoms with Crippen molar-refractivity contribution < 1.29 is 19.1 Å². The van der Waals surface area contributed by atoms with Gasteiger partial charge in [0.25, 0.3) is 0 Å². The zero-order chi connectivity index (χ0) is 12.4. The molecule has 0 aliphatic carbocycles. The molecule has 0 aromatic carbocycles. The Morgan fingerprint density at radius 2 is 2.06 bits per heavy atom. The van der Waals surface area contributed by atoms with E-state index in [1.807, 2.05) is 0 Å². The van der Waals surface area contributed by atoms with E-state index < -0.39 is 0 Å². The molecule has 0 aromatic heterocycles. The van der Waals surface area contributed by atoms with Crippen LogP contribution in [-0.4, -0.2) is 32.2 Å². The van der Waals surface area contributed by atoms with Crippen molar-refractivity contribution in [2.45, 2.75) is 26.7 Å². The molecule has 0 aliphatic heterocycles. The summed E-state index contributed by atoms with van der Waals surface area (Å²) in [6.45, 7) is 4.52. The SMILES string of the molecule is CCOC(=O)/C=C(\C)NCCCC(=O)OC. The van der Waals surface area contributed by atoms with Gasteiger partial charge in [0.05, 0.1) is 13.7 Å². The highest BCUT2D eigenvalue weighted by Gasteiger charge is 2.00. The standard InChI is InChI=1S/C11H19NO4/c1-4-16-11(14)8-9(2)12-7-5-6-10(13)15-3/h8,12H,4-7H2,1-3H3/b9-8+. The van der Waals surface area contributed by atoms with E-state index in [9.17, 15) is 9.59 Å². The van der Waals surface area contributed by atoms with Crippen LogP contribution in [0.3, 0.4) is 0 Å². The van der Waals surface area contributed by atoms with Gasteiger partial charge < -0.3 is 14.8 Å². The molecular weight excluding hydrogens is 210 g/mol. The maximum atomic E-state index is 11.0. The molecule has 0 heterocycles. The summed E-state index contributed by atoms with van der Waals surface area (Å²) in [5.74, 6) is -0.589. The van der Waals surface area contributed by atoms with Crippen LogP contribution < -0.4 is 5.32 Å². The van der Waals surface area contributed by atoms with E-state index in [4.69, 9.17) is 4.74 Å². The minimum absolute atomic E-state index is 0.228. The minimum atomic E-state index is -0.361. The monoisotopic (exact) mass is 229 g/mol. The lowest BCUT2D eigenvalue weighted by Crippen LogP contribution is -2.16. The number of carbonyl (C=O) groups is 2. The number of carbonyl (C=O) groups excluding carboxylic acids is 2. The van der Waals surface area contributed by atoms with Gasteiger partial charge in [-0.05, 0) is 20.3 Å². The number of ether oxygens (including phenoxy) is 2. The first-order valence-electron chi connectivity index (χ1n) is 5.25. The normalized spacial score (nSPS) is 10.8. The summed E-state index contributed by atoms with van der Waals surface area (Å²) in [6.07, 6.45) is 2.43. The van der Waals surface area contributed by atoms with E-state index in [-0.39, 0.29) is 11.9 Å². The average Bonchev–Trinajstić information content (AvgIpc) is 2.24. The van der Waals surface area contributed by atoms with Crippen LogP contribution in [0.25, 0.3) is 0 Å². The Labute approximate surface area is 95.8 Å². The molecule has 1 N–H and O–H groups in total. The first-order valence-corrected chi connectivity index (χ1v) is 5.25. The van der Waals surface area contributed by atoms with Crippen LogP contribution in [0.5, 0.6) is 0 Å². The van der Waals surface area contributed by atoms with Crippen LogP contribution >= 0.6 is 0 Å². The maximum Gasteiger partial charge on any atom is 0.332 e. The van der Waals surface area contributed by atoms with E-state index in [0.717, 1.165) is 5.70 Å². The van der Waals surface area contributed by atoms with Crippen molar-refractivity contribution in [2.24, 2.45) is 0 Å². The fourth-order valence-corrected chi connectivity index (χ4v) is 1.03. The van der Waals surface area contributed by atoms with E-state index in [2.05, 4.69) is 10.1 Å². The van der Waals surface area contributed by atoms with Gasteiger partial charge in [-0.15, -0.1) is 0 Å². The highest BCUT2D eigenvalue weighted by molar-refractivity contribution is 5.82. The molecule has 16 heavy (non-hydrogen) atoms. The van der Waals surface area contributed by atoms with Gasteiger partial charge in [-0.25, -0.2) is 4.79 Å². The topological polar surface area (TPSA) is 64.6 Å². The minimum Gasteiger partial charge on any atom is -0.469 e. The predicted molar refractivity (Wildman–Crippen MR) is 59.6 cm³/mol. The van der Waals surface area contributed by atoms with Gasteiger partial charge in [0.1, 0.15) is 0 Å². The van der Waals surface area contributed by atoms with Crippen LogP contribution in [0.4, 0.5) is 0 Å². The largest absolute Gasteiger partial charge is 0.469 e. The first-order chi connectivity index (χ1) is 7.60. The Balaban J connectivity index is 3.68. The van der Waals surface area contributed by atoms with Gasteiger partial charge in [-0.3, -0.25) is 4.79 Å². The fourth-order valence-electron chi connectivity index (χ4n) is 1.03. The van der Waals surface area contributed by atoms with Crippen molar-refractivity contribution in [1.82, 2.24) is 5.32 Å². The summed E-state index contributed by atoms with van der Waals surface area (Å²) in [4.78, 5) is 21.8. The van der Waals surface area contributed by atoms with Gasteiger partial charge in [0.15, 0.2) is 0 Å². The van der Waals surface area contributed by atoms with Crippen molar-refractivity contribution in [2.75, 3.05) is 20.3 Å². The van der Waals surface area contributed by atoms with Crippen molar-refractivity contribution in [3.8, 4) is 0 Å². The molecule has 0 saturated carbocycles. The third-order valence-corrected chi connectivity index (χ3v) is 1.81. The van der Waals surface area contributed by atoms with E-state index in [1.165, 1.54) is 13.2 Å². The summed E-state index contributed by atoms with van der Waals surface area (Å²) in [7, 11) is 1.36. The summed E-state index contributed by atoms with van der Waals surface area (Å²) >= 11 is 0. The van der Waals surface area contributed by atoms with Crippen molar-refractivity contribution in [3.05, 3.63) is 11.8 Å². The Morgan fingerprint density at radius 3 is 2.62 bits per heavy atom. The zero-order valence-corrected chi connectivity index (χ0v) is 10.0. The lowest BCUT2D eigenvalue weighted by Gasteiger charge is -2.05. The summed E-state index contributed by atoms with van der Waals surface area (Å²) < 4.78 is 9.24. The van der Waals surface area contributed by atoms with Crippen LogP contribution in [0.15, 0.2) is 11.8 Å². The molecule has 5 nitrogen and oxygen atoms in total. The molecule has 0 bridgehead atoms. The maximum absolute atomic E-state index is 11.0. The van der Waals surface area contributed by atoms with Gasteiger partial charge in [-0.1, -0.05) is 0 Å². The fraction of sp³-hybridized carbons (Fsp3) is 0.636. The number of hydrogen-bond acceptors (Lipinski definition) is 5. The van der Waals surface area contributed by atoms with Crippen molar-refractivity contribution in [1.29, 1.82) is 0 Å². The van der Waals surface area contributed by atoms with Gasteiger partial charge in [0, 0.05) is 24.7 Å². The lowest BCUT2D eigenvalue weighted by molar-refractivity contribution is -0.140. The summed E-state index contributed by atoms with van der Waals surface area (Å²) in [6, 6.07) is 0. The zero-order valence-electron chi connectivity index (χ0n) is 10.0. The predicted octanol–water partition coefficient (Wildman–Crippen LogP) is 0.996. The average molecular weight is 229 g/mol. The molecule has 0 saturated heterocycles. The number of hydrogen-bond donors (Lipinski definition) is 1. The Hall–Kier alpha value is -1.52. The van der Waals surface area contributed by atoms with Gasteiger partial charge in [0.2, 0.25) is 0 Å². The molecule has 0 spiro atoms. The van der Waals surface area contributed by atoms with Crippen LogP contribution in [-0.2, 0) is 19.1 Å². The molecule has 0 radical (unpaired) electrons. The molecule has 0 atom stereocenters. The molecule has 0 aliphatic rings. The molecule has 0 aromatic rings. The molecule has 0 amide bonds. The molecule has 5 heteroatoms. The number of esters is 2. The molecule has 92 valence electrons. The third-order valence-electron chi connectivity index (χ3n) is 1.81. The van der Waals surface area contributed by atoms with Crippen LogP contribution in [0, 0.1) is 0 Å². The van der Waals surface area contributed by atoms with Crippen LogP contribution in [0.1, 0.15) is 26.7 Å².